The maximum absolute atomic E-state index is 13.4. The summed E-state index contributed by atoms with van der Waals surface area (Å²) in [6.45, 7) is 14.4. The van der Waals surface area contributed by atoms with Gasteiger partial charge in [0.05, 0.1) is 18.9 Å². The molecular formula is C33H42N4O5S. The summed E-state index contributed by atoms with van der Waals surface area (Å²) in [6, 6.07) is 11.2. The molecule has 2 aromatic carbocycles. The molecule has 4 rings (SSSR count). The molecule has 0 radical (unpaired) electrons. The van der Waals surface area contributed by atoms with Gasteiger partial charge >= 0.3 is 0 Å². The zero-order valence-corrected chi connectivity index (χ0v) is 27.0. The van der Waals surface area contributed by atoms with Crippen LogP contribution < -0.4 is 14.8 Å². The number of nitrogens with one attached hydrogen (secondary N) is 1. The molecule has 0 spiro atoms. The number of aryl methyl sites for hydroxylation is 2. The fourth-order valence-electron chi connectivity index (χ4n) is 4.78. The molecule has 1 aromatic heterocycles. The monoisotopic (exact) mass is 606 g/mol. The molecule has 43 heavy (non-hydrogen) atoms. The van der Waals surface area contributed by atoms with E-state index in [1.807, 2.05) is 31.2 Å². The van der Waals surface area contributed by atoms with Gasteiger partial charge in [-0.25, -0.2) is 4.98 Å². The Morgan fingerprint density at radius 2 is 1.67 bits per heavy atom. The molecule has 1 aliphatic rings. The maximum Gasteiger partial charge on any atom is 0.257 e. The summed E-state index contributed by atoms with van der Waals surface area (Å²) in [5.41, 5.74) is 3.21. The molecule has 2 heterocycles. The van der Waals surface area contributed by atoms with E-state index in [9.17, 15) is 14.4 Å². The molecule has 0 saturated carbocycles. The number of ether oxygens (including phenoxy) is 2. The standard InChI is InChI=1S/C33H42N4O5S/c1-21-18-28(41-7)26(31(40)37-16-14-36(15-17-37)23(3)38)19-27(21)42-29-20-34-32(43-29)35-30(39)25-12-10-24(11-13-25)9-8-22(2)33(4,5)6/h10-13,18-20,22H,8-9,14-17H2,1-7H3,(H,34,35,39). The highest BCUT2D eigenvalue weighted by Crippen LogP contribution is 2.36. The van der Waals surface area contributed by atoms with Crippen molar-refractivity contribution in [2.45, 2.75) is 54.4 Å². The topological polar surface area (TPSA) is 101 Å². The van der Waals surface area contributed by atoms with Crippen LogP contribution >= 0.6 is 11.3 Å². The van der Waals surface area contributed by atoms with Crippen molar-refractivity contribution in [3.63, 3.8) is 0 Å². The quantitative estimate of drug-likeness (QED) is 0.302. The molecule has 9 nitrogen and oxygen atoms in total. The van der Waals surface area contributed by atoms with Crippen molar-refractivity contribution < 1.29 is 23.9 Å². The first-order chi connectivity index (χ1) is 20.3. The summed E-state index contributed by atoms with van der Waals surface area (Å²) in [4.78, 5) is 45.7. The molecule has 1 atom stereocenters. The Labute approximate surface area is 258 Å². The van der Waals surface area contributed by atoms with Crippen molar-refractivity contribution in [3.05, 3.63) is 64.8 Å². The molecule has 230 valence electrons. The van der Waals surface area contributed by atoms with E-state index in [0.717, 1.165) is 18.4 Å². The number of carbonyl (C=O) groups excluding carboxylic acids is 3. The van der Waals surface area contributed by atoms with Gasteiger partial charge in [-0.05, 0) is 66.5 Å². The third kappa shape index (κ3) is 8.13. The minimum Gasteiger partial charge on any atom is -0.496 e. The van der Waals surface area contributed by atoms with Crippen LogP contribution in [0.25, 0.3) is 0 Å². The molecule has 1 saturated heterocycles. The first-order valence-electron chi connectivity index (χ1n) is 14.6. The van der Waals surface area contributed by atoms with Gasteiger partial charge in [-0.15, -0.1) is 0 Å². The van der Waals surface area contributed by atoms with E-state index in [1.54, 1.807) is 28.1 Å². The highest BCUT2D eigenvalue weighted by molar-refractivity contribution is 7.17. The van der Waals surface area contributed by atoms with Gasteiger partial charge in [0.25, 0.3) is 11.8 Å². The number of methoxy groups -OCH3 is 1. The van der Waals surface area contributed by atoms with Crippen molar-refractivity contribution in [2.24, 2.45) is 11.3 Å². The first-order valence-corrected chi connectivity index (χ1v) is 15.4. The highest BCUT2D eigenvalue weighted by Gasteiger charge is 2.26. The number of anilines is 1. The minimum absolute atomic E-state index is 0.00507. The molecular weight excluding hydrogens is 564 g/mol. The lowest BCUT2D eigenvalue weighted by Gasteiger charge is -2.34. The summed E-state index contributed by atoms with van der Waals surface area (Å²) in [5, 5.41) is 3.73. The van der Waals surface area contributed by atoms with Crippen molar-refractivity contribution in [1.29, 1.82) is 0 Å². The molecule has 1 unspecified atom stereocenters. The van der Waals surface area contributed by atoms with E-state index < -0.39 is 0 Å². The van der Waals surface area contributed by atoms with E-state index in [-0.39, 0.29) is 23.1 Å². The summed E-state index contributed by atoms with van der Waals surface area (Å²) in [5.74, 6) is 1.12. The smallest absolute Gasteiger partial charge is 0.257 e. The molecule has 10 heteroatoms. The second-order valence-electron chi connectivity index (χ2n) is 12.2. The fraction of sp³-hybridized carbons (Fsp3) is 0.455. The molecule has 3 aromatic rings. The van der Waals surface area contributed by atoms with Gasteiger partial charge in [0.1, 0.15) is 11.5 Å². The van der Waals surface area contributed by atoms with E-state index >= 15 is 0 Å². The Kier molecular flexibility index (Phi) is 10.1. The van der Waals surface area contributed by atoms with Crippen LogP contribution in [-0.2, 0) is 11.2 Å². The van der Waals surface area contributed by atoms with Crippen molar-refractivity contribution in [3.8, 4) is 16.6 Å². The van der Waals surface area contributed by atoms with Crippen LogP contribution in [-0.4, -0.2) is 65.8 Å². The Hall–Kier alpha value is -3.92. The third-order valence-corrected chi connectivity index (χ3v) is 9.01. The van der Waals surface area contributed by atoms with Gasteiger partial charge in [0.2, 0.25) is 11.0 Å². The van der Waals surface area contributed by atoms with Crippen LogP contribution in [0.1, 0.15) is 72.9 Å². The Morgan fingerprint density at radius 3 is 2.28 bits per heavy atom. The largest absolute Gasteiger partial charge is 0.496 e. The third-order valence-electron chi connectivity index (χ3n) is 8.22. The SMILES string of the molecule is COc1cc(C)c(Oc2cnc(NC(=O)c3ccc(CCC(C)C(C)(C)C)cc3)s2)cc1C(=O)N1CCN(C(C)=O)CC1. The number of thiazole rings is 1. The average Bonchev–Trinajstić information content (AvgIpc) is 3.42. The van der Waals surface area contributed by atoms with Crippen LogP contribution in [0, 0.1) is 18.3 Å². The number of nitrogens with zero attached hydrogens (tertiary/aromatic N) is 3. The van der Waals surface area contributed by atoms with Crippen molar-refractivity contribution in [1.82, 2.24) is 14.8 Å². The van der Waals surface area contributed by atoms with Crippen molar-refractivity contribution in [2.75, 3.05) is 38.6 Å². The molecule has 1 fully saturated rings. The highest BCUT2D eigenvalue weighted by atomic mass is 32.1. The number of piperazine rings is 1. The van der Waals surface area contributed by atoms with Gasteiger partial charge < -0.3 is 19.3 Å². The number of rotatable bonds is 9. The lowest BCUT2D eigenvalue weighted by Crippen LogP contribution is -2.50. The maximum atomic E-state index is 13.4. The fourth-order valence-corrected chi connectivity index (χ4v) is 5.46. The van der Waals surface area contributed by atoms with Gasteiger partial charge in [-0.2, -0.15) is 0 Å². The summed E-state index contributed by atoms with van der Waals surface area (Å²) in [6.07, 6.45) is 3.62. The van der Waals surface area contributed by atoms with Gasteiger partial charge in [0.15, 0.2) is 5.13 Å². The van der Waals surface area contributed by atoms with Crippen LogP contribution in [0.15, 0.2) is 42.6 Å². The molecule has 1 aliphatic heterocycles. The van der Waals surface area contributed by atoms with Crippen LogP contribution in [0.2, 0.25) is 0 Å². The predicted molar refractivity (Wildman–Crippen MR) is 169 cm³/mol. The van der Waals surface area contributed by atoms with Crippen LogP contribution in [0.4, 0.5) is 5.13 Å². The summed E-state index contributed by atoms with van der Waals surface area (Å²) < 4.78 is 11.6. The first kappa shape index (κ1) is 32.0. The number of carbonyl (C=O) groups is 3. The van der Waals surface area contributed by atoms with Crippen LogP contribution in [0.3, 0.4) is 0 Å². The van der Waals surface area contributed by atoms with Crippen molar-refractivity contribution >= 4 is 34.2 Å². The molecule has 3 amide bonds. The Morgan fingerprint density at radius 1 is 1.02 bits per heavy atom. The summed E-state index contributed by atoms with van der Waals surface area (Å²) in [7, 11) is 1.53. The molecule has 0 aliphatic carbocycles. The number of amides is 3. The zero-order chi connectivity index (χ0) is 31.3. The molecule has 1 N–H and O–H groups in total. The van der Waals surface area contributed by atoms with Gasteiger partial charge in [-0.1, -0.05) is 51.2 Å². The van der Waals surface area contributed by atoms with E-state index in [1.165, 1.54) is 30.9 Å². The Bertz CT molecular complexity index is 1450. The van der Waals surface area contributed by atoms with E-state index in [4.69, 9.17) is 9.47 Å². The normalized spacial score (nSPS) is 14.3. The van der Waals surface area contributed by atoms with Gasteiger partial charge in [0, 0.05) is 38.7 Å². The van der Waals surface area contributed by atoms with Gasteiger partial charge in [-0.3, -0.25) is 19.7 Å². The summed E-state index contributed by atoms with van der Waals surface area (Å²) >= 11 is 1.20. The lowest BCUT2D eigenvalue weighted by molar-refractivity contribution is -0.130. The van der Waals surface area contributed by atoms with Crippen LogP contribution in [0.5, 0.6) is 16.6 Å². The number of benzene rings is 2. The van der Waals surface area contributed by atoms with E-state index in [0.29, 0.717) is 64.9 Å². The predicted octanol–water partition coefficient (Wildman–Crippen LogP) is 6.42. The van der Waals surface area contributed by atoms with E-state index in [2.05, 4.69) is 38.0 Å². The average molecular weight is 607 g/mol. The zero-order valence-electron chi connectivity index (χ0n) is 26.2. The Balaban J connectivity index is 1.39. The number of aromatic nitrogens is 1. The minimum atomic E-state index is -0.242. The lowest BCUT2D eigenvalue weighted by atomic mass is 9.79. The second kappa shape index (κ2) is 13.6. The second-order valence-corrected chi connectivity index (χ2v) is 13.2. The molecule has 0 bridgehead atoms. The number of hydrogen-bond acceptors (Lipinski definition) is 7. The number of hydrogen-bond donors (Lipinski definition) is 1.